The van der Waals surface area contributed by atoms with Crippen LogP contribution in [-0.4, -0.2) is 24.2 Å². The third kappa shape index (κ3) is 3.45. The molecule has 5 nitrogen and oxygen atoms in total. The largest absolute Gasteiger partial charge is 0.493 e. The van der Waals surface area contributed by atoms with Gasteiger partial charge in [0.15, 0.2) is 18.1 Å². The first-order valence-electron chi connectivity index (χ1n) is 8.17. The van der Waals surface area contributed by atoms with Gasteiger partial charge in [-0.1, -0.05) is 30.3 Å². The van der Waals surface area contributed by atoms with Crippen molar-refractivity contribution in [3.8, 4) is 11.5 Å². The Hall–Kier alpha value is -2.95. The zero-order valence-corrected chi connectivity index (χ0v) is 14.7. The van der Waals surface area contributed by atoms with Crippen molar-refractivity contribution in [2.75, 3.05) is 13.7 Å². The van der Waals surface area contributed by atoms with E-state index in [1.807, 2.05) is 31.3 Å². The van der Waals surface area contributed by atoms with Crippen LogP contribution in [0, 0.1) is 6.92 Å². The van der Waals surface area contributed by atoms with E-state index < -0.39 is 0 Å². The van der Waals surface area contributed by atoms with Gasteiger partial charge in [0, 0.05) is 30.2 Å². The van der Waals surface area contributed by atoms with Gasteiger partial charge in [-0.3, -0.25) is 4.79 Å². The highest BCUT2D eigenvalue weighted by molar-refractivity contribution is 5.86. The third-order valence-electron chi connectivity index (χ3n) is 4.42. The number of rotatable bonds is 6. The lowest BCUT2D eigenvalue weighted by atomic mass is 10.1. The van der Waals surface area contributed by atoms with Gasteiger partial charge in [-0.15, -0.1) is 0 Å². The molecule has 1 N–H and O–H groups in total. The minimum Gasteiger partial charge on any atom is -0.493 e. The number of aryl methyl sites for hydroxylation is 1. The number of carbonyl (C=O) groups excluding carboxylic acids is 1. The maximum atomic E-state index is 12.2. The topological polar surface area (TPSA) is 52.5 Å². The molecule has 5 heteroatoms. The fraction of sp³-hybridized carbons (Fsp3) is 0.250. The molecule has 1 heterocycles. The Morgan fingerprint density at radius 1 is 1.08 bits per heavy atom. The van der Waals surface area contributed by atoms with E-state index in [9.17, 15) is 4.79 Å². The van der Waals surface area contributed by atoms with Crippen molar-refractivity contribution in [3.05, 3.63) is 59.8 Å². The second-order valence-corrected chi connectivity index (χ2v) is 5.86. The molecule has 0 unspecified atom stereocenters. The summed E-state index contributed by atoms with van der Waals surface area (Å²) in [4.78, 5) is 12.2. The van der Waals surface area contributed by atoms with Crippen LogP contribution in [0.1, 0.15) is 11.3 Å². The summed E-state index contributed by atoms with van der Waals surface area (Å²) in [6.07, 6.45) is 0. The van der Waals surface area contributed by atoms with Crippen LogP contribution in [0.4, 0.5) is 0 Å². The van der Waals surface area contributed by atoms with Crippen molar-refractivity contribution in [1.82, 2.24) is 9.88 Å². The first-order valence-corrected chi connectivity index (χ1v) is 8.17. The van der Waals surface area contributed by atoms with Gasteiger partial charge in [0.25, 0.3) is 5.91 Å². The summed E-state index contributed by atoms with van der Waals surface area (Å²) >= 11 is 0. The molecule has 0 spiro atoms. The summed E-state index contributed by atoms with van der Waals surface area (Å²) in [5.74, 6) is 1.000. The van der Waals surface area contributed by atoms with Crippen LogP contribution in [0.2, 0.25) is 0 Å². The normalized spacial score (nSPS) is 10.7. The highest BCUT2D eigenvalue weighted by Gasteiger charge is 2.13. The zero-order valence-electron chi connectivity index (χ0n) is 14.7. The van der Waals surface area contributed by atoms with Crippen molar-refractivity contribution >= 4 is 16.8 Å². The minimum absolute atomic E-state index is 0.0514. The van der Waals surface area contributed by atoms with Crippen LogP contribution in [0.3, 0.4) is 0 Å². The highest BCUT2D eigenvalue weighted by Crippen LogP contribution is 2.26. The van der Waals surface area contributed by atoms with Gasteiger partial charge in [-0.25, -0.2) is 0 Å². The Kier molecular flexibility index (Phi) is 4.93. The molecule has 3 aromatic rings. The van der Waals surface area contributed by atoms with E-state index in [0.717, 1.165) is 22.2 Å². The van der Waals surface area contributed by atoms with E-state index in [1.165, 1.54) is 0 Å². The number of aromatic nitrogens is 1. The van der Waals surface area contributed by atoms with E-state index in [-0.39, 0.29) is 12.5 Å². The van der Waals surface area contributed by atoms with Crippen LogP contribution in [0.25, 0.3) is 10.9 Å². The smallest absolute Gasteiger partial charge is 0.258 e. The van der Waals surface area contributed by atoms with Crippen molar-refractivity contribution in [3.63, 3.8) is 0 Å². The molecule has 0 fully saturated rings. The average molecular weight is 338 g/mol. The summed E-state index contributed by atoms with van der Waals surface area (Å²) in [7, 11) is 3.61. The number of ether oxygens (including phenoxy) is 2. The standard InChI is InChI=1S/C20H22N2O3/c1-14-16(15-8-4-5-9-17(15)22(14)2)12-21-20(23)13-25-19-11-7-6-10-18(19)24-3/h4-11H,12-13H2,1-3H3,(H,21,23). The van der Waals surface area contributed by atoms with Gasteiger partial charge in [0.05, 0.1) is 7.11 Å². The summed E-state index contributed by atoms with van der Waals surface area (Å²) in [6.45, 7) is 2.48. The molecule has 25 heavy (non-hydrogen) atoms. The van der Waals surface area contributed by atoms with Gasteiger partial charge in [0.2, 0.25) is 0 Å². The van der Waals surface area contributed by atoms with Crippen LogP contribution in [0.15, 0.2) is 48.5 Å². The van der Waals surface area contributed by atoms with Crippen LogP contribution >= 0.6 is 0 Å². The maximum Gasteiger partial charge on any atom is 0.258 e. The van der Waals surface area contributed by atoms with Crippen LogP contribution < -0.4 is 14.8 Å². The van der Waals surface area contributed by atoms with Crippen molar-refractivity contribution in [2.45, 2.75) is 13.5 Å². The number of benzene rings is 2. The number of nitrogens with zero attached hydrogens (tertiary/aromatic N) is 1. The van der Waals surface area contributed by atoms with Gasteiger partial charge < -0.3 is 19.4 Å². The molecular formula is C20H22N2O3. The van der Waals surface area contributed by atoms with Gasteiger partial charge in [-0.05, 0) is 30.7 Å². The van der Waals surface area contributed by atoms with E-state index in [1.54, 1.807) is 19.2 Å². The molecule has 0 aliphatic rings. The van der Waals surface area contributed by atoms with Crippen molar-refractivity contribution < 1.29 is 14.3 Å². The number of carbonyl (C=O) groups is 1. The second kappa shape index (κ2) is 7.30. The summed E-state index contributed by atoms with van der Waals surface area (Å²) in [6, 6.07) is 15.5. The van der Waals surface area contributed by atoms with Crippen LogP contribution in [-0.2, 0) is 18.4 Å². The van der Waals surface area contributed by atoms with Crippen LogP contribution in [0.5, 0.6) is 11.5 Å². The molecule has 0 aliphatic carbocycles. The monoisotopic (exact) mass is 338 g/mol. The summed E-state index contributed by atoms with van der Waals surface area (Å²) in [5, 5.41) is 4.10. The maximum absolute atomic E-state index is 12.2. The Morgan fingerprint density at radius 2 is 1.76 bits per heavy atom. The molecule has 0 radical (unpaired) electrons. The Balaban J connectivity index is 1.64. The number of hydrogen-bond acceptors (Lipinski definition) is 3. The Labute approximate surface area is 147 Å². The number of para-hydroxylation sites is 3. The molecule has 0 bridgehead atoms. The Morgan fingerprint density at radius 3 is 2.52 bits per heavy atom. The SMILES string of the molecule is COc1ccccc1OCC(=O)NCc1c(C)n(C)c2ccccc12. The molecule has 1 aromatic heterocycles. The number of fused-ring (bicyclic) bond motifs is 1. The lowest BCUT2D eigenvalue weighted by Crippen LogP contribution is -2.28. The van der Waals surface area contributed by atoms with E-state index in [4.69, 9.17) is 9.47 Å². The summed E-state index contributed by atoms with van der Waals surface area (Å²) in [5.41, 5.74) is 3.44. The van der Waals surface area contributed by atoms with Gasteiger partial charge in [-0.2, -0.15) is 0 Å². The van der Waals surface area contributed by atoms with Gasteiger partial charge in [0.1, 0.15) is 0 Å². The van der Waals surface area contributed by atoms with E-state index in [2.05, 4.69) is 28.9 Å². The molecule has 1 amide bonds. The van der Waals surface area contributed by atoms with E-state index in [0.29, 0.717) is 18.0 Å². The number of nitrogens with one attached hydrogen (secondary N) is 1. The number of amides is 1. The molecule has 3 rings (SSSR count). The van der Waals surface area contributed by atoms with Gasteiger partial charge >= 0.3 is 0 Å². The highest BCUT2D eigenvalue weighted by atomic mass is 16.5. The quantitative estimate of drug-likeness (QED) is 0.751. The van der Waals surface area contributed by atoms with Crippen molar-refractivity contribution in [2.24, 2.45) is 7.05 Å². The third-order valence-corrected chi connectivity index (χ3v) is 4.42. The fourth-order valence-electron chi connectivity index (χ4n) is 2.94. The minimum atomic E-state index is -0.168. The molecule has 130 valence electrons. The number of methoxy groups -OCH3 is 1. The first kappa shape index (κ1) is 16.9. The number of hydrogen-bond donors (Lipinski definition) is 1. The molecule has 0 saturated heterocycles. The predicted molar refractivity (Wildman–Crippen MR) is 98.0 cm³/mol. The molecule has 0 saturated carbocycles. The average Bonchev–Trinajstić information content (AvgIpc) is 2.89. The molecular weight excluding hydrogens is 316 g/mol. The zero-order chi connectivity index (χ0) is 17.8. The molecule has 0 aliphatic heterocycles. The fourth-order valence-corrected chi connectivity index (χ4v) is 2.94. The predicted octanol–water partition coefficient (Wildman–Crippen LogP) is 3.19. The lowest BCUT2D eigenvalue weighted by molar-refractivity contribution is -0.123. The molecule has 0 atom stereocenters. The Bertz CT molecular complexity index is 899. The van der Waals surface area contributed by atoms with Crippen molar-refractivity contribution in [1.29, 1.82) is 0 Å². The summed E-state index contributed by atoms with van der Waals surface area (Å²) < 4.78 is 12.9. The first-order chi connectivity index (χ1) is 12.1. The lowest BCUT2D eigenvalue weighted by Gasteiger charge is -2.10. The van der Waals surface area contributed by atoms with E-state index >= 15 is 0 Å². The second-order valence-electron chi connectivity index (χ2n) is 5.86. The molecule has 2 aromatic carbocycles.